The molecule has 2 rings (SSSR count). The molecule has 0 aliphatic carbocycles. The second-order valence-corrected chi connectivity index (χ2v) is 3.19. The van der Waals surface area contributed by atoms with E-state index in [1.165, 1.54) is 23.1 Å². The van der Waals surface area contributed by atoms with Gasteiger partial charge in [0.05, 0.1) is 11.4 Å². The van der Waals surface area contributed by atoms with Crippen molar-refractivity contribution in [3.05, 3.63) is 22.1 Å². The number of hydrogen-bond donors (Lipinski definition) is 0. The molecule has 0 aliphatic heterocycles. The molecule has 2 aromatic rings. The Kier molecular flexibility index (Phi) is 1.87. The SMILES string of the molecule is c1snnc1Cc1csnn1. The van der Waals surface area contributed by atoms with Gasteiger partial charge in [-0.15, -0.1) is 10.2 Å². The van der Waals surface area contributed by atoms with Crippen molar-refractivity contribution in [3.8, 4) is 0 Å². The summed E-state index contributed by atoms with van der Waals surface area (Å²) < 4.78 is 7.50. The van der Waals surface area contributed by atoms with E-state index in [1.807, 2.05) is 10.8 Å². The summed E-state index contributed by atoms with van der Waals surface area (Å²) in [6.07, 6.45) is 0.743. The van der Waals surface area contributed by atoms with Crippen LogP contribution in [0.15, 0.2) is 10.8 Å². The topological polar surface area (TPSA) is 51.6 Å². The summed E-state index contributed by atoms with van der Waals surface area (Å²) in [6, 6.07) is 0. The molecule has 56 valence electrons. The van der Waals surface area contributed by atoms with Crippen LogP contribution in [0.3, 0.4) is 0 Å². The monoisotopic (exact) mass is 184 g/mol. The van der Waals surface area contributed by atoms with Crippen molar-refractivity contribution in [2.24, 2.45) is 0 Å². The van der Waals surface area contributed by atoms with Gasteiger partial charge in [-0.25, -0.2) is 0 Å². The van der Waals surface area contributed by atoms with Crippen LogP contribution in [0.25, 0.3) is 0 Å². The highest BCUT2D eigenvalue weighted by Crippen LogP contribution is 2.05. The minimum absolute atomic E-state index is 0.743. The van der Waals surface area contributed by atoms with E-state index >= 15 is 0 Å². The van der Waals surface area contributed by atoms with Gasteiger partial charge in [0.2, 0.25) is 0 Å². The summed E-state index contributed by atoms with van der Waals surface area (Å²) in [5, 5.41) is 11.6. The molecule has 2 heterocycles. The van der Waals surface area contributed by atoms with E-state index < -0.39 is 0 Å². The minimum Gasteiger partial charge on any atom is -0.143 e. The first-order chi connectivity index (χ1) is 5.45. The molecule has 0 saturated heterocycles. The van der Waals surface area contributed by atoms with Crippen molar-refractivity contribution >= 4 is 23.1 Å². The Labute approximate surface area is 71.2 Å². The first-order valence-electron chi connectivity index (χ1n) is 2.97. The van der Waals surface area contributed by atoms with Gasteiger partial charge in [0.15, 0.2) is 0 Å². The van der Waals surface area contributed by atoms with Crippen LogP contribution in [0.1, 0.15) is 11.4 Å². The summed E-state index contributed by atoms with van der Waals surface area (Å²) in [6.45, 7) is 0. The average Bonchev–Trinajstić information content (AvgIpc) is 2.60. The standard InChI is InChI=1S/C5H4N4S2/c1(4-2-10-8-6-4)5-3-11-9-7-5/h2-3H,1H2. The second kappa shape index (κ2) is 3.02. The van der Waals surface area contributed by atoms with E-state index in [-0.39, 0.29) is 0 Å². The summed E-state index contributed by atoms with van der Waals surface area (Å²) in [5.41, 5.74) is 1.92. The lowest BCUT2D eigenvalue weighted by molar-refractivity contribution is 0.959. The molecule has 0 bridgehead atoms. The predicted octanol–water partition coefficient (Wildman–Crippen LogP) is 0.980. The number of rotatable bonds is 2. The number of nitrogens with zero attached hydrogens (tertiary/aromatic N) is 4. The first kappa shape index (κ1) is 6.81. The second-order valence-electron chi connectivity index (χ2n) is 1.97. The van der Waals surface area contributed by atoms with E-state index in [4.69, 9.17) is 0 Å². The van der Waals surface area contributed by atoms with Crippen molar-refractivity contribution in [2.45, 2.75) is 6.42 Å². The summed E-state index contributed by atoms with van der Waals surface area (Å²) in [4.78, 5) is 0. The molecular formula is C5H4N4S2. The summed E-state index contributed by atoms with van der Waals surface area (Å²) >= 11 is 2.71. The first-order valence-corrected chi connectivity index (χ1v) is 4.64. The fourth-order valence-electron chi connectivity index (χ4n) is 0.708. The van der Waals surface area contributed by atoms with Crippen LogP contribution < -0.4 is 0 Å². The maximum Gasteiger partial charge on any atom is 0.0815 e. The molecule has 0 amide bonds. The van der Waals surface area contributed by atoms with Crippen molar-refractivity contribution < 1.29 is 0 Å². The van der Waals surface area contributed by atoms with Crippen molar-refractivity contribution in [1.82, 2.24) is 19.2 Å². The number of hydrogen-bond acceptors (Lipinski definition) is 6. The van der Waals surface area contributed by atoms with E-state index in [2.05, 4.69) is 19.2 Å². The van der Waals surface area contributed by atoms with Gasteiger partial charge in [-0.3, -0.25) is 0 Å². The molecule has 0 aromatic carbocycles. The zero-order valence-electron chi connectivity index (χ0n) is 5.47. The molecule has 11 heavy (non-hydrogen) atoms. The Morgan fingerprint density at radius 3 is 1.91 bits per heavy atom. The Balaban J connectivity index is 2.14. The fraction of sp³-hybridized carbons (Fsp3) is 0.200. The largest absolute Gasteiger partial charge is 0.143 e. The smallest absolute Gasteiger partial charge is 0.0815 e. The van der Waals surface area contributed by atoms with Crippen LogP contribution in [0.4, 0.5) is 0 Å². The minimum atomic E-state index is 0.743. The molecule has 0 atom stereocenters. The van der Waals surface area contributed by atoms with Gasteiger partial charge in [0, 0.05) is 17.2 Å². The molecular weight excluding hydrogens is 180 g/mol. The highest BCUT2D eigenvalue weighted by molar-refractivity contribution is 7.03. The third kappa shape index (κ3) is 1.58. The number of aromatic nitrogens is 4. The third-order valence-corrected chi connectivity index (χ3v) is 2.28. The Morgan fingerprint density at radius 2 is 1.55 bits per heavy atom. The van der Waals surface area contributed by atoms with Crippen LogP contribution in [0.5, 0.6) is 0 Å². The molecule has 0 spiro atoms. The molecule has 2 aromatic heterocycles. The highest BCUT2D eigenvalue weighted by atomic mass is 32.1. The van der Waals surface area contributed by atoms with Crippen LogP contribution in [-0.2, 0) is 6.42 Å². The van der Waals surface area contributed by atoms with E-state index in [1.54, 1.807) is 0 Å². The van der Waals surface area contributed by atoms with Crippen molar-refractivity contribution in [3.63, 3.8) is 0 Å². The Hall–Kier alpha value is -0.880. The maximum absolute atomic E-state index is 3.90. The zero-order chi connectivity index (χ0) is 7.52. The quantitative estimate of drug-likeness (QED) is 0.698. The molecule has 6 heteroatoms. The summed E-state index contributed by atoms with van der Waals surface area (Å²) in [5.74, 6) is 0. The average molecular weight is 184 g/mol. The zero-order valence-corrected chi connectivity index (χ0v) is 7.10. The molecule has 0 aliphatic rings. The molecule has 0 fully saturated rings. The molecule has 0 radical (unpaired) electrons. The van der Waals surface area contributed by atoms with E-state index in [9.17, 15) is 0 Å². The van der Waals surface area contributed by atoms with E-state index in [0.717, 1.165) is 17.8 Å². The molecule has 0 saturated carbocycles. The lowest BCUT2D eigenvalue weighted by atomic mass is 10.3. The normalized spacial score (nSPS) is 10.2. The summed E-state index contributed by atoms with van der Waals surface area (Å²) in [7, 11) is 0. The fourth-order valence-corrected chi connectivity index (χ4v) is 1.61. The van der Waals surface area contributed by atoms with Gasteiger partial charge in [-0.05, 0) is 23.1 Å². The van der Waals surface area contributed by atoms with Gasteiger partial charge >= 0.3 is 0 Å². The van der Waals surface area contributed by atoms with Crippen LogP contribution >= 0.6 is 23.1 Å². The van der Waals surface area contributed by atoms with Crippen molar-refractivity contribution in [1.29, 1.82) is 0 Å². The van der Waals surface area contributed by atoms with Crippen LogP contribution in [-0.4, -0.2) is 19.2 Å². The van der Waals surface area contributed by atoms with Crippen molar-refractivity contribution in [2.75, 3.05) is 0 Å². The lowest BCUT2D eigenvalue weighted by Gasteiger charge is -1.85. The van der Waals surface area contributed by atoms with Crippen LogP contribution in [0, 0.1) is 0 Å². The lowest BCUT2D eigenvalue weighted by Crippen LogP contribution is -1.88. The van der Waals surface area contributed by atoms with Gasteiger partial charge in [-0.2, -0.15) is 0 Å². The van der Waals surface area contributed by atoms with Gasteiger partial charge in [0.25, 0.3) is 0 Å². The predicted molar refractivity (Wildman–Crippen MR) is 42.6 cm³/mol. The highest BCUT2D eigenvalue weighted by Gasteiger charge is 2.00. The maximum atomic E-state index is 3.90. The molecule has 0 N–H and O–H groups in total. The Morgan fingerprint density at radius 1 is 1.00 bits per heavy atom. The van der Waals surface area contributed by atoms with E-state index in [0.29, 0.717) is 0 Å². The molecule has 0 unspecified atom stereocenters. The third-order valence-electron chi connectivity index (χ3n) is 1.17. The van der Waals surface area contributed by atoms with Gasteiger partial charge in [0.1, 0.15) is 0 Å². The van der Waals surface area contributed by atoms with Gasteiger partial charge < -0.3 is 0 Å². The van der Waals surface area contributed by atoms with Gasteiger partial charge in [-0.1, -0.05) is 8.98 Å². The Bertz CT molecular complexity index is 269. The van der Waals surface area contributed by atoms with Crippen LogP contribution in [0.2, 0.25) is 0 Å². The molecule has 4 nitrogen and oxygen atoms in total.